The average molecular weight is 429 g/mol. The summed E-state index contributed by atoms with van der Waals surface area (Å²) in [6.07, 6.45) is 25.1. The lowest BCUT2D eigenvalue weighted by molar-refractivity contribution is 0.0895. The molecule has 0 saturated heterocycles. The highest BCUT2D eigenvalue weighted by molar-refractivity contribution is 6.64. The van der Waals surface area contributed by atoms with E-state index in [-0.39, 0.29) is 0 Å². The SMILES string of the molecule is CCCCCCCCCCC(C)O[Si](C)(C)OC(C)CCCCCCCCCC. The Morgan fingerprint density at radius 1 is 0.483 bits per heavy atom. The van der Waals surface area contributed by atoms with Crippen molar-refractivity contribution in [3.63, 3.8) is 0 Å². The van der Waals surface area contributed by atoms with E-state index in [0.717, 1.165) is 0 Å². The summed E-state index contributed by atoms with van der Waals surface area (Å²) in [6.45, 7) is 13.5. The molecule has 0 bridgehead atoms. The lowest BCUT2D eigenvalue weighted by Crippen LogP contribution is -2.41. The molecule has 29 heavy (non-hydrogen) atoms. The Morgan fingerprint density at radius 2 is 0.759 bits per heavy atom. The summed E-state index contributed by atoms with van der Waals surface area (Å²) in [7, 11) is -2.01. The number of unbranched alkanes of at least 4 members (excludes halogenated alkanes) is 14. The third-order valence-electron chi connectivity index (χ3n) is 5.90. The van der Waals surface area contributed by atoms with Crippen LogP contribution in [-0.2, 0) is 8.85 Å². The average Bonchev–Trinajstić information content (AvgIpc) is 2.65. The first-order chi connectivity index (χ1) is 13.9. The molecular formula is C26H56O2Si. The molecule has 3 heteroatoms. The van der Waals surface area contributed by atoms with Gasteiger partial charge in [-0.2, -0.15) is 0 Å². The third kappa shape index (κ3) is 21.2. The molecule has 176 valence electrons. The van der Waals surface area contributed by atoms with Gasteiger partial charge >= 0.3 is 8.56 Å². The highest BCUT2D eigenvalue weighted by Crippen LogP contribution is 2.19. The molecule has 2 nitrogen and oxygen atoms in total. The molecule has 2 unspecified atom stereocenters. The van der Waals surface area contributed by atoms with Crippen molar-refractivity contribution in [3.8, 4) is 0 Å². The van der Waals surface area contributed by atoms with Crippen LogP contribution in [0.15, 0.2) is 0 Å². The molecule has 0 spiro atoms. The van der Waals surface area contributed by atoms with Crippen molar-refractivity contribution in [2.24, 2.45) is 0 Å². The van der Waals surface area contributed by atoms with E-state index in [0.29, 0.717) is 12.2 Å². The van der Waals surface area contributed by atoms with Crippen molar-refractivity contribution in [1.29, 1.82) is 0 Å². The zero-order valence-corrected chi connectivity index (χ0v) is 22.2. The van der Waals surface area contributed by atoms with Crippen LogP contribution in [0, 0.1) is 0 Å². The molecule has 0 aromatic heterocycles. The van der Waals surface area contributed by atoms with E-state index < -0.39 is 8.56 Å². The number of rotatable bonds is 22. The predicted molar refractivity (Wildman–Crippen MR) is 133 cm³/mol. The Morgan fingerprint density at radius 3 is 1.07 bits per heavy atom. The Hall–Kier alpha value is 0.137. The number of hydrogen-bond donors (Lipinski definition) is 0. The zero-order chi connectivity index (χ0) is 21.8. The summed E-state index contributed by atoms with van der Waals surface area (Å²) in [5.74, 6) is 0. The lowest BCUT2D eigenvalue weighted by atomic mass is 10.1. The van der Waals surface area contributed by atoms with Crippen LogP contribution in [0.25, 0.3) is 0 Å². The highest BCUT2D eigenvalue weighted by atomic mass is 28.4. The van der Waals surface area contributed by atoms with Crippen LogP contribution in [-0.4, -0.2) is 20.8 Å². The van der Waals surface area contributed by atoms with Crippen LogP contribution >= 0.6 is 0 Å². The van der Waals surface area contributed by atoms with Crippen LogP contribution in [0.5, 0.6) is 0 Å². The van der Waals surface area contributed by atoms with Crippen molar-refractivity contribution < 1.29 is 8.85 Å². The molecule has 0 aromatic rings. The Balaban J connectivity index is 3.67. The molecule has 0 saturated carbocycles. The van der Waals surface area contributed by atoms with Gasteiger partial charge < -0.3 is 8.85 Å². The maximum Gasteiger partial charge on any atom is 0.332 e. The minimum absolute atomic E-state index is 0.340. The summed E-state index contributed by atoms with van der Waals surface area (Å²) in [4.78, 5) is 0. The first-order valence-corrected chi connectivity index (χ1v) is 16.1. The summed E-state index contributed by atoms with van der Waals surface area (Å²) in [5.41, 5.74) is 0. The van der Waals surface area contributed by atoms with E-state index >= 15 is 0 Å². The van der Waals surface area contributed by atoms with Gasteiger partial charge in [0, 0.05) is 12.2 Å². The topological polar surface area (TPSA) is 18.5 Å². The maximum atomic E-state index is 6.37. The van der Waals surface area contributed by atoms with E-state index in [2.05, 4.69) is 40.8 Å². The molecule has 2 atom stereocenters. The second-order valence-corrected chi connectivity index (χ2v) is 13.1. The van der Waals surface area contributed by atoms with Crippen molar-refractivity contribution >= 4 is 8.56 Å². The minimum atomic E-state index is -2.01. The van der Waals surface area contributed by atoms with Gasteiger partial charge in [-0.25, -0.2) is 0 Å². The van der Waals surface area contributed by atoms with Gasteiger partial charge in [0.15, 0.2) is 0 Å². The van der Waals surface area contributed by atoms with E-state index in [1.807, 2.05) is 0 Å². The molecule has 0 aliphatic carbocycles. The summed E-state index contributed by atoms with van der Waals surface area (Å²) >= 11 is 0. The van der Waals surface area contributed by atoms with Crippen molar-refractivity contribution in [3.05, 3.63) is 0 Å². The second-order valence-electron chi connectivity index (χ2n) is 9.78. The summed E-state index contributed by atoms with van der Waals surface area (Å²) in [6, 6.07) is 0. The van der Waals surface area contributed by atoms with Gasteiger partial charge in [0.1, 0.15) is 0 Å². The van der Waals surface area contributed by atoms with Crippen LogP contribution < -0.4 is 0 Å². The second kappa shape index (κ2) is 20.1. The molecular weight excluding hydrogens is 372 g/mol. The smallest absolute Gasteiger partial charge is 0.332 e. The van der Waals surface area contributed by atoms with Crippen molar-refractivity contribution in [2.75, 3.05) is 0 Å². The van der Waals surface area contributed by atoms with Gasteiger partial charge in [0.25, 0.3) is 0 Å². The minimum Gasteiger partial charge on any atom is -0.392 e. The molecule has 0 aliphatic rings. The predicted octanol–water partition coefficient (Wildman–Crippen LogP) is 9.56. The van der Waals surface area contributed by atoms with Gasteiger partial charge in [0.2, 0.25) is 0 Å². The van der Waals surface area contributed by atoms with Gasteiger partial charge in [0.05, 0.1) is 0 Å². The van der Waals surface area contributed by atoms with E-state index in [9.17, 15) is 0 Å². The molecule has 0 aliphatic heterocycles. The molecule has 0 rings (SSSR count). The van der Waals surface area contributed by atoms with Gasteiger partial charge in [-0.15, -0.1) is 0 Å². The standard InChI is InChI=1S/C26H56O2Si/c1-7-9-11-13-15-17-19-21-23-25(3)27-29(5,6)28-26(4)24-22-20-18-16-14-12-10-8-2/h25-26H,7-24H2,1-6H3. The Kier molecular flexibility index (Phi) is 20.2. The fraction of sp³-hybridized carbons (Fsp3) is 1.00. The van der Waals surface area contributed by atoms with Crippen molar-refractivity contribution in [1.82, 2.24) is 0 Å². The largest absolute Gasteiger partial charge is 0.392 e. The molecule has 0 amide bonds. The number of hydrogen-bond acceptors (Lipinski definition) is 2. The maximum absolute atomic E-state index is 6.37. The zero-order valence-electron chi connectivity index (χ0n) is 21.2. The third-order valence-corrected chi connectivity index (χ3v) is 7.84. The molecule has 0 N–H and O–H groups in total. The van der Waals surface area contributed by atoms with Crippen molar-refractivity contribution in [2.45, 2.75) is 169 Å². The first kappa shape index (κ1) is 29.1. The van der Waals surface area contributed by atoms with Crippen LogP contribution in [0.2, 0.25) is 13.1 Å². The van der Waals surface area contributed by atoms with Crippen LogP contribution in [0.4, 0.5) is 0 Å². The fourth-order valence-electron chi connectivity index (χ4n) is 4.25. The fourth-order valence-corrected chi connectivity index (χ4v) is 6.48. The van der Waals surface area contributed by atoms with Gasteiger partial charge in [-0.1, -0.05) is 117 Å². The van der Waals surface area contributed by atoms with E-state index in [1.54, 1.807) is 0 Å². The molecule has 0 fully saturated rings. The highest BCUT2D eigenvalue weighted by Gasteiger charge is 2.29. The molecule has 0 aromatic carbocycles. The van der Waals surface area contributed by atoms with Crippen LogP contribution in [0.1, 0.15) is 143 Å². The first-order valence-electron chi connectivity index (χ1n) is 13.3. The quantitative estimate of drug-likeness (QED) is 0.126. The molecule has 0 radical (unpaired) electrons. The van der Waals surface area contributed by atoms with Gasteiger partial charge in [-0.05, 0) is 39.8 Å². The summed E-state index contributed by atoms with van der Waals surface area (Å²) < 4.78 is 12.7. The van der Waals surface area contributed by atoms with Gasteiger partial charge in [-0.3, -0.25) is 0 Å². The lowest BCUT2D eigenvalue weighted by Gasteiger charge is -2.30. The van der Waals surface area contributed by atoms with E-state index in [4.69, 9.17) is 8.85 Å². The molecule has 0 heterocycles. The Labute approximate surface area is 186 Å². The normalized spacial score (nSPS) is 14.3. The van der Waals surface area contributed by atoms with E-state index in [1.165, 1.54) is 116 Å². The Bertz CT molecular complexity index is 303. The monoisotopic (exact) mass is 428 g/mol. The van der Waals surface area contributed by atoms with Crippen LogP contribution in [0.3, 0.4) is 0 Å². The summed E-state index contributed by atoms with van der Waals surface area (Å²) in [5, 5.41) is 0.